The van der Waals surface area contributed by atoms with Crippen molar-refractivity contribution in [2.75, 3.05) is 28.2 Å². The molecule has 12 nitrogen and oxygen atoms in total. The summed E-state index contributed by atoms with van der Waals surface area (Å²) in [5.74, 6) is 1.03. The Hall–Kier alpha value is -3.06. The van der Waals surface area contributed by atoms with Gasteiger partial charge in [0, 0.05) is 12.6 Å². The van der Waals surface area contributed by atoms with Crippen LogP contribution in [0.3, 0.4) is 0 Å². The van der Waals surface area contributed by atoms with E-state index in [9.17, 15) is 18.3 Å². The second kappa shape index (κ2) is 12.3. The standard InChI is InChI=1S/C23H37N7O5S/c1-14(2)10-17(13-31)25-20-26-19(27-21(29-20)30-36(7,33)34)11-15(3)16-8-9-18(24-12-16)28-22(32)35-23(4,5)6/h8-9,12,14-15,17,31H,10-11,13H2,1-7H3,(H,24,28,32)(H2,25,26,27,29,30)/t15?,17-/m1/s1. The molecule has 0 radical (unpaired) electrons. The molecule has 2 aromatic rings. The molecule has 0 spiro atoms. The highest BCUT2D eigenvalue weighted by Crippen LogP contribution is 2.21. The predicted molar refractivity (Wildman–Crippen MR) is 138 cm³/mol. The molecule has 1 unspecified atom stereocenters. The molecule has 1 amide bonds. The Morgan fingerprint density at radius 3 is 2.31 bits per heavy atom. The van der Waals surface area contributed by atoms with Crippen LogP contribution in [0.25, 0.3) is 0 Å². The summed E-state index contributed by atoms with van der Waals surface area (Å²) in [5, 5.41) is 15.4. The van der Waals surface area contributed by atoms with Crippen molar-refractivity contribution >= 4 is 33.8 Å². The fourth-order valence-electron chi connectivity index (χ4n) is 3.29. The third kappa shape index (κ3) is 10.7. The van der Waals surface area contributed by atoms with Crippen LogP contribution >= 0.6 is 0 Å². The molecule has 0 fully saturated rings. The van der Waals surface area contributed by atoms with Gasteiger partial charge in [-0.25, -0.2) is 18.2 Å². The van der Waals surface area contributed by atoms with E-state index >= 15 is 0 Å². The quantitative estimate of drug-likeness (QED) is 0.343. The van der Waals surface area contributed by atoms with E-state index in [-0.39, 0.29) is 30.5 Å². The van der Waals surface area contributed by atoms with Crippen molar-refractivity contribution in [1.29, 1.82) is 0 Å². The Bertz CT molecular complexity index is 1120. The van der Waals surface area contributed by atoms with Crippen molar-refractivity contribution in [3.8, 4) is 0 Å². The van der Waals surface area contributed by atoms with Crippen molar-refractivity contribution in [2.45, 2.75) is 71.9 Å². The van der Waals surface area contributed by atoms with Crippen LogP contribution in [0, 0.1) is 5.92 Å². The van der Waals surface area contributed by atoms with Crippen molar-refractivity contribution in [3.63, 3.8) is 0 Å². The monoisotopic (exact) mass is 523 g/mol. The Morgan fingerprint density at radius 2 is 1.78 bits per heavy atom. The summed E-state index contributed by atoms with van der Waals surface area (Å²) in [6.45, 7) is 11.2. The Morgan fingerprint density at radius 1 is 1.11 bits per heavy atom. The molecular formula is C23H37N7O5S. The number of aliphatic hydroxyl groups is 1. The number of ether oxygens (including phenoxy) is 1. The van der Waals surface area contributed by atoms with Gasteiger partial charge in [-0.3, -0.25) is 10.0 Å². The number of aromatic nitrogens is 4. The number of carbonyl (C=O) groups is 1. The van der Waals surface area contributed by atoms with Crippen molar-refractivity contribution < 1.29 is 23.1 Å². The molecule has 2 heterocycles. The Kier molecular flexibility index (Phi) is 9.93. The van der Waals surface area contributed by atoms with Crippen LogP contribution in [-0.4, -0.2) is 64.1 Å². The number of nitrogens with one attached hydrogen (secondary N) is 3. The highest BCUT2D eigenvalue weighted by Gasteiger charge is 2.19. The number of rotatable bonds is 11. The molecule has 0 saturated heterocycles. The maximum Gasteiger partial charge on any atom is 0.413 e. The van der Waals surface area contributed by atoms with Crippen molar-refractivity contribution in [3.05, 3.63) is 29.7 Å². The topological polar surface area (TPSA) is 168 Å². The molecule has 0 aliphatic carbocycles. The minimum absolute atomic E-state index is 0.0845. The number of aliphatic hydroxyl groups excluding tert-OH is 1. The molecule has 2 rings (SSSR count). The SMILES string of the molecule is CC(C)C[C@H](CO)Nc1nc(CC(C)c2ccc(NC(=O)OC(C)(C)C)nc2)nc(NS(C)(=O)=O)n1. The third-order valence-electron chi connectivity index (χ3n) is 4.74. The van der Waals surface area contributed by atoms with E-state index in [2.05, 4.69) is 35.3 Å². The molecule has 2 atom stereocenters. The van der Waals surface area contributed by atoms with E-state index in [4.69, 9.17) is 4.74 Å². The van der Waals surface area contributed by atoms with Gasteiger partial charge in [0.25, 0.3) is 0 Å². The summed E-state index contributed by atoms with van der Waals surface area (Å²) >= 11 is 0. The lowest BCUT2D eigenvalue weighted by Crippen LogP contribution is -2.27. The number of hydrogen-bond acceptors (Lipinski definition) is 10. The summed E-state index contributed by atoms with van der Waals surface area (Å²) in [6.07, 6.45) is 3.10. The molecular weight excluding hydrogens is 486 g/mol. The molecule has 0 aromatic carbocycles. The van der Waals surface area contributed by atoms with Crippen LogP contribution in [-0.2, 0) is 21.2 Å². The summed E-state index contributed by atoms with van der Waals surface area (Å²) in [7, 11) is -3.61. The van der Waals surface area contributed by atoms with Gasteiger partial charge < -0.3 is 15.2 Å². The van der Waals surface area contributed by atoms with E-state index in [1.54, 1.807) is 33.0 Å². The van der Waals surface area contributed by atoms with Gasteiger partial charge in [0.15, 0.2) is 0 Å². The Labute approximate surface area is 212 Å². The minimum atomic E-state index is -3.61. The maximum atomic E-state index is 11.9. The molecule has 200 valence electrons. The zero-order valence-electron chi connectivity index (χ0n) is 21.9. The van der Waals surface area contributed by atoms with Gasteiger partial charge in [0.05, 0.1) is 18.9 Å². The van der Waals surface area contributed by atoms with E-state index < -0.39 is 21.7 Å². The van der Waals surface area contributed by atoms with Crippen LogP contribution in [0.5, 0.6) is 0 Å². The predicted octanol–water partition coefficient (Wildman–Crippen LogP) is 3.15. The number of hydrogen-bond donors (Lipinski definition) is 4. The average molecular weight is 524 g/mol. The molecule has 36 heavy (non-hydrogen) atoms. The van der Waals surface area contributed by atoms with Gasteiger partial charge in [-0.15, -0.1) is 0 Å². The van der Waals surface area contributed by atoms with Gasteiger partial charge in [-0.1, -0.05) is 26.8 Å². The third-order valence-corrected chi connectivity index (χ3v) is 5.29. The van der Waals surface area contributed by atoms with Crippen LogP contribution in [0.2, 0.25) is 0 Å². The largest absolute Gasteiger partial charge is 0.444 e. The van der Waals surface area contributed by atoms with E-state index in [1.807, 2.05) is 26.8 Å². The average Bonchev–Trinajstić information content (AvgIpc) is 2.70. The molecule has 0 aliphatic heterocycles. The lowest BCUT2D eigenvalue weighted by Gasteiger charge is -2.20. The summed E-state index contributed by atoms with van der Waals surface area (Å²) in [6, 6.07) is 3.20. The van der Waals surface area contributed by atoms with Crippen LogP contribution in [0.1, 0.15) is 65.3 Å². The molecule has 0 saturated carbocycles. The second-order valence-electron chi connectivity index (χ2n) is 10.1. The van der Waals surface area contributed by atoms with Gasteiger partial charge in [-0.05, 0) is 50.7 Å². The highest BCUT2D eigenvalue weighted by molar-refractivity contribution is 7.91. The number of amides is 1. The first-order valence-corrected chi connectivity index (χ1v) is 13.6. The number of pyridine rings is 1. The summed E-state index contributed by atoms with van der Waals surface area (Å²) < 4.78 is 31.0. The van der Waals surface area contributed by atoms with Gasteiger partial charge in [0.2, 0.25) is 21.9 Å². The lowest BCUT2D eigenvalue weighted by atomic mass is 9.99. The first-order valence-electron chi connectivity index (χ1n) is 11.7. The maximum absolute atomic E-state index is 11.9. The Balaban J connectivity index is 2.19. The van der Waals surface area contributed by atoms with E-state index in [1.165, 1.54) is 0 Å². The summed E-state index contributed by atoms with van der Waals surface area (Å²) in [5.41, 5.74) is 0.249. The minimum Gasteiger partial charge on any atom is -0.444 e. The van der Waals surface area contributed by atoms with Crippen LogP contribution in [0.4, 0.5) is 22.5 Å². The highest BCUT2D eigenvalue weighted by atomic mass is 32.2. The molecule has 4 N–H and O–H groups in total. The number of anilines is 3. The van der Waals surface area contributed by atoms with Gasteiger partial charge in [-0.2, -0.15) is 15.0 Å². The molecule has 0 bridgehead atoms. The smallest absolute Gasteiger partial charge is 0.413 e. The molecule has 2 aromatic heterocycles. The fourth-order valence-corrected chi connectivity index (χ4v) is 3.71. The van der Waals surface area contributed by atoms with Crippen LogP contribution in [0.15, 0.2) is 18.3 Å². The normalized spacial score (nSPS) is 13.7. The van der Waals surface area contributed by atoms with E-state index in [0.29, 0.717) is 30.4 Å². The molecule has 13 heteroatoms. The lowest BCUT2D eigenvalue weighted by molar-refractivity contribution is 0.0635. The number of carbonyl (C=O) groups excluding carboxylic acids is 1. The van der Waals surface area contributed by atoms with Crippen LogP contribution < -0.4 is 15.4 Å². The van der Waals surface area contributed by atoms with E-state index in [0.717, 1.165) is 11.8 Å². The van der Waals surface area contributed by atoms with Gasteiger partial charge in [0.1, 0.15) is 17.2 Å². The number of sulfonamides is 1. The zero-order chi connectivity index (χ0) is 27.1. The first kappa shape index (κ1) is 29.2. The fraction of sp³-hybridized carbons (Fsp3) is 0.609. The van der Waals surface area contributed by atoms with Crippen molar-refractivity contribution in [1.82, 2.24) is 19.9 Å². The number of nitrogens with zero attached hydrogens (tertiary/aromatic N) is 4. The zero-order valence-corrected chi connectivity index (χ0v) is 22.7. The molecule has 0 aliphatic rings. The summed E-state index contributed by atoms with van der Waals surface area (Å²) in [4.78, 5) is 29.1. The van der Waals surface area contributed by atoms with Gasteiger partial charge >= 0.3 is 6.09 Å². The first-order chi connectivity index (χ1) is 16.6. The van der Waals surface area contributed by atoms with Crippen molar-refractivity contribution in [2.24, 2.45) is 5.92 Å². The second-order valence-corrected chi connectivity index (χ2v) is 11.9.